The van der Waals surface area contributed by atoms with E-state index in [1.54, 1.807) is 0 Å². The van der Waals surface area contributed by atoms with Gasteiger partial charge in [0.2, 0.25) is 6.04 Å². The molecule has 1 aromatic carbocycles. The molecule has 1 saturated heterocycles. The van der Waals surface area contributed by atoms with E-state index in [1.807, 2.05) is 0 Å². The van der Waals surface area contributed by atoms with Gasteiger partial charge in [0, 0.05) is 16.9 Å². The van der Waals surface area contributed by atoms with E-state index in [0.717, 1.165) is 18.2 Å². The van der Waals surface area contributed by atoms with Crippen LogP contribution in [0.1, 0.15) is 18.1 Å². The van der Waals surface area contributed by atoms with Gasteiger partial charge in [-0.3, -0.25) is 10.1 Å². The first kappa shape index (κ1) is 12.8. The van der Waals surface area contributed by atoms with E-state index in [0.29, 0.717) is 0 Å². The van der Waals surface area contributed by atoms with Crippen LogP contribution in [-0.2, 0) is 4.74 Å². The van der Waals surface area contributed by atoms with Crippen molar-refractivity contribution in [2.24, 2.45) is 0 Å². The summed E-state index contributed by atoms with van der Waals surface area (Å²) in [7, 11) is 0. The minimum absolute atomic E-state index is 0.134. The highest BCUT2D eigenvalue weighted by atomic mass is 19.1. The number of halogens is 2. The van der Waals surface area contributed by atoms with Crippen molar-refractivity contribution in [2.45, 2.75) is 24.7 Å². The summed E-state index contributed by atoms with van der Waals surface area (Å²) in [5, 5.41) is 20.2. The Labute approximate surface area is 101 Å². The van der Waals surface area contributed by atoms with E-state index < -0.39 is 34.8 Å². The second kappa shape index (κ2) is 4.95. The molecule has 1 N–H and O–H groups in total. The molecule has 0 spiro atoms. The van der Waals surface area contributed by atoms with Crippen LogP contribution in [0.5, 0.6) is 0 Å². The summed E-state index contributed by atoms with van der Waals surface area (Å²) in [6.45, 7) is -0.134. The molecule has 1 unspecified atom stereocenters. The average molecular weight is 259 g/mol. The van der Waals surface area contributed by atoms with Crippen LogP contribution in [0.15, 0.2) is 18.2 Å². The van der Waals surface area contributed by atoms with Gasteiger partial charge < -0.3 is 9.84 Å². The quantitative estimate of drug-likeness (QED) is 0.644. The molecule has 1 heterocycles. The monoisotopic (exact) mass is 259 g/mol. The molecule has 7 heteroatoms. The number of rotatable bonds is 2. The highest BCUT2D eigenvalue weighted by Gasteiger charge is 2.41. The van der Waals surface area contributed by atoms with E-state index in [2.05, 4.69) is 0 Å². The van der Waals surface area contributed by atoms with E-state index >= 15 is 0 Å². The van der Waals surface area contributed by atoms with Gasteiger partial charge in [0.15, 0.2) is 6.10 Å². The van der Waals surface area contributed by atoms with E-state index in [-0.39, 0.29) is 18.6 Å². The van der Waals surface area contributed by atoms with E-state index in [9.17, 15) is 24.0 Å². The molecule has 98 valence electrons. The molecule has 1 aromatic rings. The van der Waals surface area contributed by atoms with Crippen molar-refractivity contribution in [1.82, 2.24) is 0 Å². The van der Waals surface area contributed by atoms with Gasteiger partial charge in [0.25, 0.3) is 0 Å². The summed E-state index contributed by atoms with van der Waals surface area (Å²) >= 11 is 0. The van der Waals surface area contributed by atoms with Gasteiger partial charge in [-0.1, -0.05) is 0 Å². The zero-order valence-corrected chi connectivity index (χ0v) is 9.25. The SMILES string of the molecule is O=[N+]([O-])[C@H]1CC(O)CO[C@@H]1c1cc(F)ccc1F. The Balaban J connectivity index is 2.35. The number of aliphatic hydroxyl groups excluding tert-OH is 1. The van der Waals surface area contributed by atoms with Gasteiger partial charge in [0.1, 0.15) is 11.6 Å². The van der Waals surface area contributed by atoms with Crippen LogP contribution in [0.3, 0.4) is 0 Å². The molecule has 18 heavy (non-hydrogen) atoms. The van der Waals surface area contributed by atoms with Gasteiger partial charge in [-0.25, -0.2) is 8.78 Å². The summed E-state index contributed by atoms with van der Waals surface area (Å²) < 4.78 is 31.7. The first-order chi connectivity index (χ1) is 8.49. The van der Waals surface area contributed by atoms with Crippen molar-refractivity contribution < 1.29 is 23.5 Å². The Hall–Kier alpha value is -1.60. The molecule has 0 amide bonds. The molecule has 0 radical (unpaired) electrons. The van der Waals surface area contributed by atoms with Crippen molar-refractivity contribution >= 4 is 0 Å². The number of benzene rings is 1. The largest absolute Gasteiger partial charge is 0.390 e. The summed E-state index contributed by atoms with van der Waals surface area (Å²) in [6.07, 6.45) is -2.29. The minimum atomic E-state index is -1.29. The molecular formula is C11H11F2NO4. The fourth-order valence-electron chi connectivity index (χ4n) is 2.02. The van der Waals surface area contributed by atoms with Gasteiger partial charge in [-0.15, -0.1) is 0 Å². The van der Waals surface area contributed by atoms with E-state index in [4.69, 9.17) is 4.74 Å². The van der Waals surface area contributed by atoms with Crippen LogP contribution in [-0.4, -0.2) is 28.8 Å². The highest BCUT2D eigenvalue weighted by Crippen LogP contribution is 2.32. The summed E-state index contributed by atoms with van der Waals surface area (Å²) in [5.74, 6) is -1.45. The van der Waals surface area contributed by atoms with Crippen LogP contribution in [0.25, 0.3) is 0 Å². The van der Waals surface area contributed by atoms with Crippen LogP contribution < -0.4 is 0 Å². The average Bonchev–Trinajstić information content (AvgIpc) is 2.32. The Morgan fingerprint density at radius 2 is 2.17 bits per heavy atom. The molecule has 3 atom stereocenters. The van der Waals surface area contributed by atoms with Gasteiger partial charge in [-0.05, 0) is 18.2 Å². The molecule has 0 bridgehead atoms. The molecule has 1 fully saturated rings. The smallest absolute Gasteiger partial charge is 0.245 e. The van der Waals surface area contributed by atoms with Gasteiger partial charge >= 0.3 is 0 Å². The Kier molecular flexibility index (Phi) is 3.53. The highest BCUT2D eigenvalue weighted by molar-refractivity contribution is 5.22. The third-order valence-corrected chi connectivity index (χ3v) is 2.87. The second-order valence-electron chi connectivity index (χ2n) is 4.16. The number of hydrogen-bond acceptors (Lipinski definition) is 4. The maximum Gasteiger partial charge on any atom is 0.245 e. The van der Waals surface area contributed by atoms with Gasteiger partial charge in [0.05, 0.1) is 12.7 Å². The fraction of sp³-hybridized carbons (Fsp3) is 0.455. The summed E-state index contributed by atoms with van der Waals surface area (Å²) in [5.41, 5.74) is -0.191. The van der Waals surface area contributed by atoms with E-state index in [1.165, 1.54) is 0 Å². The number of nitrogens with zero attached hydrogens (tertiary/aromatic N) is 1. The maximum absolute atomic E-state index is 13.6. The lowest BCUT2D eigenvalue weighted by Gasteiger charge is -2.29. The Bertz CT molecular complexity index is 468. The van der Waals surface area contributed by atoms with Crippen LogP contribution >= 0.6 is 0 Å². The zero-order valence-electron chi connectivity index (χ0n) is 9.25. The van der Waals surface area contributed by atoms with Crippen LogP contribution in [0, 0.1) is 21.7 Å². The van der Waals surface area contributed by atoms with Crippen molar-refractivity contribution in [3.63, 3.8) is 0 Å². The third kappa shape index (κ3) is 2.46. The van der Waals surface area contributed by atoms with Crippen molar-refractivity contribution in [2.75, 3.05) is 6.61 Å². The number of nitro groups is 1. The molecule has 1 aliphatic heterocycles. The topological polar surface area (TPSA) is 72.6 Å². The van der Waals surface area contributed by atoms with Crippen LogP contribution in [0.2, 0.25) is 0 Å². The maximum atomic E-state index is 13.6. The fourth-order valence-corrected chi connectivity index (χ4v) is 2.02. The summed E-state index contributed by atoms with van der Waals surface area (Å²) in [4.78, 5) is 10.2. The molecular weight excluding hydrogens is 248 g/mol. The Morgan fingerprint density at radius 3 is 2.83 bits per heavy atom. The Morgan fingerprint density at radius 1 is 1.44 bits per heavy atom. The molecule has 0 saturated carbocycles. The molecule has 0 aliphatic carbocycles. The van der Waals surface area contributed by atoms with Crippen molar-refractivity contribution in [1.29, 1.82) is 0 Å². The lowest BCUT2D eigenvalue weighted by Crippen LogP contribution is -2.40. The lowest BCUT2D eigenvalue weighted by atomic mass is 9.95. The minimum Gasteiger partial charge on any atom is -0.390 e. The predicted octanol–water partition coefficient (Wildman–Crippen LogP) is 1.43. The zero-order chi connectivity index (χ0) is 13.3. The first-order valence-corrected chi connectivity index (χ1v) is 5.37. The molecule has 2 rings (SSSR count). The third-order valence-electron chi connectivity index (χ3n) is 2.87. The first-order valence-electron chi connectivity index (χ1n) is 5.37. The normalized spacial score (nSPS) is 28.1. The summed E-state index contributed by atoms with van der Waals surface area (Å²) in [6, 6.07) is 1.42. The number of hydrogen-bond donors (Lipinski definition) is 1. The van der Waals surface area contributed by atoms with Crippen molar-refractivity contribution in [3.05, 3.63) is 45.5 Å². The number of ether oxygens (including phenoxy) is 1. The molecule has 5 nitrogen and oxygen atoms in total. The number of aliphatic hydroxyl groups is 1. The van der Waals surface area contributed by atoms with Gasteiger partial charge in [-0.2, -0.15) is 0 Å². The standard InChI is InChI=1S/C11H11F2NO4/c12-6-1-2-9(13)8(3-6)11-10(14(16)17)4-7(15)5-18-11/h1-3,7,10-11,15H,4-5H2/t7?,10-,11+/m0/s1. The predicted molar refractivity (Wildman–Crippen MR) is 56.5 cm³/mol. The molecule has 0 aromatic heterocycles. The second-order valence-corrected chi connectivity index (χ2v) is 4.16. The van der Waals surface area contributed by atoms with Crippen LogP contribution in [0.4, 0.5) is 8.78 Å². The molecule has 1 aliphatic rings. The van der Waals surface area contributed by atoms with Crippen molar-refractivity contribution in [3.8, 4) is 0 Å². The lowest BCUT2D eigenvalue weighted by molar-refractivity contribution is -0.545.